The molecule has 1 aliphatic rings. The molecule has 2 amide bonds. The van der Waals surface area contributed by atoms with Gasteiger partial charge in [-0.15, -0.1) is 0 Å². The molecule has 2 aromatic rings. The highest BCUT2D eigenvalue weighted by atomic mass is 35.5. The van der Waals surface area contributed by atoms with Gasteiger partial charge in [0.05, 0.1) is 11.9 Å². The van der Waals surface area contributed by atoms with Crippen molar-refractivity contribution in [1.82, 2.24) is 10.2 Å². The first-order valence-corrected chi connectivity index (χ1v) is 16.1. The average molecular weight is 597 g/mol. The maximum atomic E-state index is 13.6. The van der Waals surface area contributed by atoms with Crippen LogP contribution in [-0.4, -0.2) is 50.0 Å². The van der Waals surface area contributed by atoms with Gasteiger partial charge in [-0.2, -0.15) is 0 Å². The van der Waals surface area contributed by atoms with Crippen molar-refractivity contribution < 1.29 is 18.0 Å². The van der Waals surface area contributed by atoms with Gasteiger partial charge in [0.1, 0.15) is 6.04 Å². The fraction of sp³-hybridized carbons (Fsp3) is 0.517. The number of carbonyl (C=O) groups excluding carboxylic acids is 2. The first kappa shape index (κ1) is 31.2. The van der Waals surface area contributed by atoms with Crippen molar-refractivity contribution in [2.45, 2.75) is 84.3 Å². The molecule has 0 aromatic heterocycles. The molecule has 3 rings (SSSR count). The van der Waals surface area contributed by atoms with E-state index >= 15 is 0 Å². The Hall–Kier alpha value is -2.29. The van der Waals surface area contributed by atoms with Crippen molar-refractivity contribution in [3.63, 3.8) is 0 Å². The lowest BCUT2D eigenvalue weighted by Crippen LogP contribution is -2.50. The highest BCUT2D eigenvalue weighted by Crippen LogP contribution is 2.28. The van der Waals surface area contributed by atoms with Crippen molar-refractivity contribution in [3.8, 4) is 0 Å². The van der Waals surface area contributed by atoms with Crippen LogP contribution >= 0.6 is 23.2 Å². The molecule has 10 heteroatoms. The summed E-state index contributed by atoms with van der Waals surface area (Å²) in [7, 11) is -3.56. The molecule has 1 atom stereocenters. The summed E-state index contributed by atoms with van der Waals surface area (Å²) in [6.07, 6.45) is 6.69. The van der Waals surface area contributed by atoms with Crippen molar-refractivity contribution >= 4 is 50.7 Å². The third-order valence-corrected chi connectivity index (χ3v) is 9.34. The van der Waals surface area contributed by atoms with E-state index in [-0.39, 0.29) is 43.8 Å². The van der Waals surface area contributed by atoms with Gasteiger partial charge < -0.3 is 10.2 Å². The zero-order chi connectivity index (χ0) is 28.7. The Morgan fingerprint density at radius 2 is 1.67 bits per heavy atom. The molecular weight excluding hydrogens is 557 g/mol. The van der Waals surface area contributed by atoms with Gasteiger partial charge in [-0.1, -0.05) is 54.6 Å². The number of hydrogen-bond acceptors (Lipinski definition) is 4. The van der Waals surface area contributed by atoms with Gasteiger partial charge >= 0.3 is 0 Å². The van der Waals surface area contributed by atoms with Gasteiger partial charge in [0.15, 0.2) is 0 Å². The molecule has 0 bridgehead atoms. The van der Waals surface area contributed by atoms with Crippen molar-refractivity contribution in [3.05, 3.63) is 63.1 Å². The minimum absolute atomic E-state index is 0.0555. The molecule has 39 heavy (non-hydrogen) atoms. The Balaban J connectivity index is 1.77. The Kier molecular flexibility index (Phi) is 11.1. The number of sulfonamides is 1. The molecular formula is C29H39Cl2N3O4S. The Morgan fingerprint density at radius 1 is 1.03 bits per heavy atom. The van der Waals surface area contributed by atoms with E-state index in [1.54, 1.807) is 31.2 Å². The highest BCUT2D eigenvalue weighted by Gasteiger charge is 2.29. The number of benzene rings is 2. The van der Waals surface area contributed by atoms with E-state index in [9.17, 15) is 18.0 Å². The largest absolute Gasteiger partial charge is 0.352 e. The molecule has 7 nitrogen and oxygen atoms in total. The number of aryl methyl sites for hydroxylation is 2. The lowest BCUT2D eigenvalue weighted by Gasteiger charge is -2.32. The first-order chi connectivity index (χ1) is 18.4. The number of carbonyl (C=O) groups is 2. The zero-order valence-corrected chi connectivity index (χ0v) is 25.5. The summed E-state index contributed by atoms with van der Waals surface area (Å²) < 4.78 is 26.5. The van der Waals surface area contributed by atoms with Crippen LogP contribution in [0.3, 0.4) is 0 Å². The summed E-state index contributed by atoms with van der Waals surface area (Å²) in [6, 6.07) is 9.98. The van der Waals surface area contributed by atoms with Crippen molar-refractivity contribution in [2.24, 2.45) is 0 Å². The summed E-state index contributed by atoms with van der Waals surface area (Å²) in [4.78, 5) is 28.3. The standard InChI is InChI=1S/C29H39Cl2N3O4S/c1-20-15-16-24(18-21(20)2)34(39(4,37)38)17-9-14-28(35)33(19-25-26(30)12-8-13-27(25)31)22(3)29(36)32-23-10-6-5-7-11-23/h8,12-13,15-16,18,22-23H,5-7,9-11,14,17,19H2,1-4H3,(H,32,36)/t22-/m0/s1. The molecule has 0 spiro atoms. The highest BCUT2D eigenvalue weighted by molar-refractivity contribution is 7.92. The van der Waals surface area contributed by atoms with Crippen LogP contribution in [0.2, 0.25) is 10.0 Å². The quantitative estimate of drug-likeness (QED) is 0.344. The second kappa shape index (κ2) is 13.9. The van der Waals surface area contributed by atoms with E-state index in [4.69, 9.17) is 23.2 Å². The zero-order valence-electron chi connectivity index (χ0n) is 23.2. The van der Waals surface area contributed by atoms with E-state index in [1.807, 2.05) is 26.0 Å². The minimum atomic E-state index is -3.56. The molecule has 1 fully saturated rings. The smallest absolute Gasteiger partial charge is 0.242 e. The normalized spacial score (nSPS) is 15.0. The summed E-state index contributed by atoms with van der Waals surface area (Å²) in [5, 5.41) is 3.94. The van der Waals surface area contributed by atoms with Gasteiger partial charge in [0.25, 0.3) is 0 Å². The Labute approximate surface area is 242 Å². The molecule has 1 N–H and O–H groups in total. The van der Waals surface area contributed by atoms with Gasteiger partial charge in [0, 0.05) is 41.2 Å². The number of rotatable bonds is 11. The monoisotopic (exact) mass is 595 g/mol. The Bertz CT molecular complexity index is 1260. The van der Waals surface area contributed by atoms with E-state index in [2.05, 4.69) is 5.32 Å². The second-order valence-electron chi connectivity index (χ2n) is 10.4. The molecule has 1 aliphatic carbocycles. The van der Waals surface area contributed by atoms with Crippen LogP contribution in [0.25, 0.3) is 0 Å². The predicted octanol–water partition coefficient (Wildman–Crippen LogP) is 6.02. The molecule has 0 radical (unpaired) electrons. The maximum Gasteiger partial charge on any atom is 0.242 e. The number of halogens is 2. The van der Waals surface area contributed by atoms with Gasteiger partial charge in [-0.3, -0.25) is 13.9 Å². The van der Waals surface area contributed by atoms with Gasteiger partial charge in [-0.25, -0.2) is 8.42 Å². The Morgan fingerprint density at radius 3 is 2.26 bits per heavy atom. The van der Waals surface area contributed by atoms with Gasteiger partial charge in [0.2, 0.25) is 21.8 Å². The maximum absolute atomic E-state index is 13.6. The van der Waals surface area contributed by atoms with E-state index in [1.165, 1.54) is 15.6 Å². The third-order valence-electron chi connectivity index (χ3n) is 7.44. The fourth-order valence-electron chi connectivity index (χ4n) is 4.89. The van der Waals surface area contributed by atoms with Crippen LogP contribution in [0.5, 0.6) is 0 Å². The van der Waals surface area contributed by atoms with E-state index in [0.29, 0.717) is 21.3 Å². The first-order valence-electron chi connectivity index (χ1n) is 13.5. The van der Waals surface area contributed by atoms with E-state index < -0.39 is 16.1 Å². The van der Waals surface area contributed by atoms with Gasteiger partial charge in [-0.05, 0) is 75.4 Å². The molecule has 1 saturated carbocycles. The SMILES string of the molecule is Cc1ccc(N(CCCC(=O)N(Cc2c(Cl)cccc2Cl)[C@@H](C)C(=O)NC2CCCCC2)S(C)(=O)=O)cc1C. The van der Waals surface area contributed by atoms with Crippen LogP contribution in [0, 0.1) is 13.8 Å². The number of hydrogen-bond donors (Lipinski definition) is 1. The second-order valence-corrected chi connectivity index (χ2v) is 13.2. The molecule has 0 aliphatic heterocycles. The number of nitrogens with zero attached hydrogens (tertiary/aromatic N) is 2. The molecule has 0 unspecified atom stereocenters. The number of anilines is 1. The van der Waals surface area contributed by atoms with Crippen LogP contribution in [0.1, 0.15) is 68.6 Å². The number of nitrogens with one attached hydrogen (secondary N) is 1. The fourth-order valence-corrected chi connectivity index (χ4v) is 6.36. The van der Waals surface area contributed by atoms with Crippen molar-refractivity contribution in [1.29, 1.82) is 0 Å². The van der Waals surface area contributed by atoms with E-state index in [0.717, 1.165) is 43.1 Å². The molecule has 0 heterocycles. The lowest BCUT2D eigenvalue weighted by atomic mass is 9.95. The molecule has 0 saturated heterocycles. The summed E-state index contributed by atoms with van der Waals surface area (Å²) in [5.41, 5.74) is 3.18. The summed E-state index contributed by atoms with van der Waals surface area (Å²) in [5.74, 6) is -0.489. The summed E-state index contributed by atoms with van der Waals surface area (Å²) in [6.45, 7) is 5.81. The third kappa shape index (κ3) is 8.60. The molecule has 2 aromatic carbocycles. The van der Waals surface area contributed by atoms with Crippen LogP contribution in [0.15, 0.2) is 36.4 Å². The molecule has 214 valence electrons. The van der Waals surface area contributed by atoms with Crippen LogP contribution in [0.4, 0.5) is 5.69 Å². The average Bonchev–Trinajstić information content (AvgIpc) is 2.87. The number of amides is 2. The van der Waals surface area contributed by atoms with Crippen molar-refractivity contribution in [2.75, 3.05) is 17.1 Å². The minimum Gasteiger partial charge on any atom is -0.352 e. The van der Waals surface area contributed by atoms with Crippen LogP contribution in [-0.2, 0) is 26.2 Å². The van der Waals surface area contributed by atoms with Crippen LogP contribution < -0.4 is 9.62 Å². The topological polar surface area (TPSA) is 86.8 Å². The lowest BCUT2D eigenvalue weighted by molar-refractivity contribution is -0.141. The summed E-state index contributed by atoms with van der Waals surface area (Å²) >= 11 is 12.8. The predicted molar refractivity (Wildman–Crippen MR) is 159 cm³/mol.